The summed E-state index contributed by atoms with van der Waals surface area (Å²) in [6.45, 7) is 6.60. The van der Waals surface area contributed by atoms with Crippen molar-refractivity contribution >= 4 is 23.2 Å². The number of amides is 1. The highest BCUT2D eigenvalue weighted by Gasteiger charge is 2.13. The first-order valence-corrected chi connectivity index (χ1v) is 6.69. The Kier molecular flexibility index (Phi) is 5.96. The third kappa shape index (κ3) is 4.99. The van der Waals surface area contributed by atoms with Crippen LogP contribution in [0.4, 0.5) is 5.69 Å². The first-order chi connectivity index (χ1) is 8.93. The van der Waals surface area contributed by atoms with Gasteiger partial charge in [0, 0.05) is 12.2 Å². The lowest BCUT2D eigenvalue weighted by Gasteiger charge is -2.16. The Labute approximate surface area is 119 Å². The molecular formula is C14H21ClN2O2. The normalized spacial score (nSPS) is 12.1. The van der Waals surface area contributed by atoms with E-state index in [1.165, 1.54) is 0 Å². The van der Waals surface area contributed by atoms with Crippen molar-refractivity contribution in [3.8, 4) is 5.75 Å². The van der Waals surface area contributed by atoms with Crippen LogP contribution in [0.3, 0.4) is 0 Å². The van der Waals surface area contributed by atoms with E-state index in [1.807, 2.05) is 13.0 Å². The Bertz CT molecular complexity index is 435. The van der Waals surface area contributed by atoms with Gasteiger partial charge >= 0.3 is 0 Å². The van der Waals surface area contributed by atoms with Gasteiger partial charge in [0.1, 0.15) is 11.8 Å². The summed E-state index contributed by atoms with van der Waals surface area (Å²) in [7, 11) is 1.57. The molecule has 0 radical (unpaired) electrons. The second-order valence-corrected chi connectivity index (χ2v) is 5.26. The van der Waals surface area contributed by atoms with Gasteiger partial charge in [-0.15, -0.1) is 0 Å². The molecule has 0 bridgehead atoms. The van der Waals surface area contributed by atoms with Crippen LogP contribution in [0.15, 0.2) is 18.2 Å². The molecule has 1 aromatic carbocycles. The molecule has 0 heterocycles. The predicted octanol–water partition coefficient (Wildman–Crippen LogP) is 2.92. The Hall–Kier alpha value is -1.42. The van der Waals surface area contributed by atoms with Crippen LogP contribution in [0, 0.1) is 5.92 Å². The molecule has 0 spiro atoms. The first kappa shape index (κ1) is 15.6. The molecule has 0 saturated heterocycles. The number of benzene rings is 1. The maximum Gasteiger partial charge on any atom is 0.242 e. The highest BCUT2D eigenvalue weighted by molar-refractivity contribution is 6.32. The molecule has 0 aliphatic carbocycles. The Morgan fingerprint density at radius 1 is 1.37 bits per heavy atom. The quantitative estimate of drug-likeness (QED) is 0.844. The fourth-order valence-corrected chi connectivity index (χ4v) is 1.79. The minimum Gasteiger partial charge on any atom is -0.495 e. The first-order valence-electron chi connectivity index (χ1n) is 6.31. The van der Waals surface area contributed by atoms with Gasteiger partial charge in [-0.3, -0.25) is 4.79 Å². The molecule has 0 fully saturated rings. The van der Waals surface area contributed by atoms with Gasteiger partial charge in [0.15, 0.2) is 0 Å². The maximum atomic E-state index is 11.8. The van der Waals surface area contributed by atoms with Crippen LogP contribution in [-0.4, -0.2) is 25.6 Å². The lowest BCUT2D eigenvalue weighted by Crippen LogP contribution is -2.39. The molecular weight excluding hydrogens is 264 g/mol. The molecule has 4 nitrogen and oxygen atoms in total. The molecule has 1 rings (SSSR count). The Morgan fingerprint density at radius 2 is 2.05 bits per heavy atom. The number of methoxy groups -OCH3 is 1. The van der Waals surface area contributed by atoms with E-state index >= 15 is 0 Å². The second-order valence-electron chi connectivity index (χ2n) is 4.85. The molecule has 19 heavy (non-hydrogen) atoms. The van der Waals surface area contributed by atoms with Crippen molar-refractivity contribution in [1.29, 1.82) is 0 Å². The van der Waals surface area contributed by atoms with Crippen LogP contribution in [0.1, 0.15) is 20.8 Å². The van der Waals surface area contributed by atoms with Crippen LogP contribution < -0.4 is 15.4 Å². The monoisotopic (exact) mass is 284 g/mol. The van der Waals surface area contributed by atoms with Crippen molar-refractivity contribution in [2.24, 2.45) is 5.92 Å². The molecule has 0 aliphatic rings. The summed E-state index contributed by atoms with van der Waals surface area (Å²) < 4.78 is 5.08. The van der Waals surface area contributed by atoms with E-state index in [9.17, 15) is 4.79 Å². The number of ether oxygens (including phenoxy) is 1. The van der Waals surface area contributed by atoms with E-state index in [4.69, 9.17) is 16.3 Å². The zero-order valence-electron chi connectivity index (χ0n) is 11.8. The maximum absolute atomic E-state index is 11.8. The fraction of sp³-hybridized carbons (Fsp3) is 0.500. The molecule has 0 saturated carbocycles. The minimum absolute atomic E-state index is 0.0272. The number of halogens is 1. The number of anilines is 1. The zero-order valence-corrected chi connectivity index (χ0v) is 12.5. The minimum atomic E-state index is -0.316. The number of carbonyl (C=O) groups excluding carboxylic acids is 1. The van der Waals surface area contributed by atoms with Gasteiger partial charge in [-0.05, 0) is 31.0 Å². The largest absolute Gasteiger partial charge is 0.495 e. The van der Waals surface area contributed by atoms with Crippen LogP contribution in [0.2, 0.25) is 5.02 Å². The summed E-state index contributed by atoms with van der Waals surface area (Å²) in [5.74, 6) is 1.02. The van der Waals surface area contributed by atoms with E-state index < -0.39 is 0 Å². The highest BCUT2D eigenvalue weighted by atomic mass is 35.5. The lowest BCUT2D eigenvalue weighted by atomic mass is 10.2. The van der Waals surface area contributed by atoms with Gasteiger partial charge in [0.25, 0.3) is 0 Å². The zero-order chi connectivity index (χ0) is 14.4. The SMILES string of the molecule is COc1ccc(N[C@@H](C)C(=O)NCC(C)C)cc1Cl. The van der Waals surface area contributed by atoms with E-state index in [2.05, 4.69) is 24.5 Å². The van der Waals surface area contributed by atoms with Crippen molar-refractivity contribution in [2.75, 3.05) is 19.0 Å². The second kappa shape index (κ2) is 7.24. The molecule has 1 aromatic rings. The summed E-state index contributed by atoms with van der Waals surface area (Å²) in [4.78, 5) is 11.8. The van der Waals surface area contributed by atoms with Crippen molar-refractivity contribution < 1.29 is 9.53 Å². The summed E-state index contributed by atoms with van der Waals surface area (Å²) in [6.07, 6.45) is 0. The topological polar surface area (TPSA) is 50.4 Å². The van der Waals surface area contributed by atoms with Crippen molar-refractivity contribution in [1.82, 2.24) is 5.32 Å². The van der Waals surface area contributed by atoms with E-state index in [1.54, 1.807) is 19.2 Å². The van der Waals surface area contributed by atoms with Crippen molar-refractivity contribution in [3.05, 3.63) is 23.2 Å². The van der Waals surface area contributed by atoms with E-state index in [0.29, 0.717) is 23.2 Å². The Morgan fingerprint density at radius 3 is 2.58 bits per heavy atom. The number of nitrogens with one attached hydrogen (secondary N) is 2. The van der Waals surface area contributed by atoms with Crippen LogP contribution in [-0.2, 0) is 4.79 Å². The predicted molar refractivity (Wildman–Crippen MR) is 78.9 cm³/mol. The molecule has 1 atom stereocenters. The van der Waals surface area contributed by atoms with Gasteiger partial charge in [-0.2, -0.15) is 0 Å². The van der Waals surface area contributed by atoms with Crippen LogP contribution in [0.5, 0.6) is 5.75 Å². The summed E-state index contributed by atoms with van der Waals surface area (Å²) >= 11 is 6.03. The van der Waals surface area contributed by atoms with Crippen LogP contribution >= 0.6 is 11.6 Å². The highest BCUT2D eigenvalue weighted by Crippen LogP contribution is 2.27. The average Bonchev–Trinajstić information content (AvgIpc) is 2.36. The summed E-state index contributed by atoms with van der Waals surface area (Å²) in [5, 5.41) is 6.50. The standard InChI is InChI=1S/C14H21ClN2O2/c1-9(2)8-16-14(18)10(3)17-11-5-6-13(19-4)12(15)7-11/h5-7,9-10,17H,8H2,1-4H3,(H,16,18)/t10-/m0/s1. The van der Waals surface area contributed by atoms with Gasteiger partial charge < -0.3 is 15.4 Å². The third-order valence-corrected chi connectivity index (χ3v) is 2.91. The number of hydrogen-bond donors (Lipinski definition) is 2. The van der Waals surface area contributed by atoms with Gasteiger partial charge in [0.2, 0.25) is 5.91 Å². The third-order valence-electron chi connectivity index (χ3n) is 2.61. The van der Waals surface area contributed by atoms with Crippen molar-refractivity contribution in [3.63, 3.8) is 0 Å². The lowest BCUT2D eigenvalue weighted by molar-refractivity contribution is -0.121. The van der Waals surface area contributed by atoms with E-state index in [0.717, 1.165) is 5.69 Å². The number of rotatable bonds is 6. The fourth-order valence-electron chi connectivity index (χ4n) is 1.53. The van der Waals surface area contributed by atoms with E-state index in [-0.39, 0.29) is 11.9 Å². The molecule has 0 aliphatic heterocycles. The Balaban J connectivity index is 2.58. The van der Waals surface area contributed by atoms with Crippen LogP contribution in [0.25, 0.3) is 0 Å². The molecule has 2 N–H and O–H groups in total. The number of hydrogen-bond acceptors (Lipinski definition) is 3. The molecule has 1 amide bonds. The molecule has 0 aromatic heterocycles. The van der Waals surface area contributed by atoms with Gasteiger partial charge in [-0.25, -0.2) is 0 Å². The van der Waals surface area contributed by atoms with Gasteiger partial charge in [0.05, 0.1) is 12.1 Å². The smallest absolute Gasteiger partial charge is 0.242 e. The number of carbonyl (C=O) groups is 1. The molecule has 5 heteroatoms. The molecule has 106 valence electrons. The van der Waals surface area contributed by atoms with Crippen molar-refractivity contribution in [2.45, 2.75) is 26.8 Å². The van der Waals surface area contributed by atoms with Gasteiger partial charge in [-0.1, -0.05) is 25.4 Å². The average molecular weight is 285 g/mol. The molecule has 0 unspecified atom stereocenters. The summed E-state index contributed by atoms with van der Waals surface area (Å²) in [6, 6.07) is 5.02. The summed E-state index contributed by atoms with van der Waals surface area (Å²) in [5.41, 5.74) is 0.790.